The number of rotatable bonds is 3. The van der Waals surface area contributed by atoms with Gasteiger partial charge in [0.25, 0.3) is 0 Å². The molecule has 0 radical (unpaired) electrons. The molecule has 0 aliphatic heterocycles. The van der Waals surface area contributed by atoms with Crippen LogP contribution in [-0.2, 0) is 0 Å². The molecule has 0 unspecified atom stereocenters. The first kappa shape index (κ1) is 15.1. The van der Waals surface area contributed by atoms with Crippen molar-refractivity contribution in [3.63, 3.8) is 0 Å². The number of aromatic hydroxyl groups is 1. The maximum absolute atomic E-state index is 13.9. The molecule has 0 aliphatic rings. The van der Waals surface area contributed by atoms with E-state index in [9.17, 15) is 9.50 Å². The summed E-state index contributed by atoms with van der Waals surface area (Å²) in [6.07, 6.45) is 1.50. The summed E-state index contributed by atoms with van der Waals surface area (Å²) >= 11 is 5.73. The number of nitrogen functional groups attached to an aromatic ring is 1. The minimum Gasteiger partial charge on any atom is -0.507 e. The van der Waals surface area contributed by atoms with Crippen molar-refractivity contribution in [2.45, 2.75) is 0 Å². The molecule has 0 saturated heterocycles. The van der Waals surface area contributed by atoms with Crippen molar-refractivity contribution >= 4 is 28.9 Å². The van der Waals surface area contributed by atoms with E-state index < -0.39 is 5.82 Å². The van der Waals surface area contributed by atoms with Crippen LogP contribution in [-0.4, -0.2) is 15.1 Å². The molecule has 1 heterocycles. The van der Waals surface area contributed by atoms with E-state index in [4.69, 9.17) is 17.3 Å². The van der Waals surface area contributed by atoms with Crippen molar-refractivity contribution in [2.75, 3.05) is 11.1 Å². The molecule has 5 nitrogen and oxygen atoms in total. The molecule has 0 spiro atoms. The zero-order valence-electron chi connectivity index (χ0n) is 11.8. The van der Waals surface area contributed by atoms with Crippen molar-refractivity contribution in [3.8, 4) is 17.0 Å². The van der Waals surface area contributed by atoms with E-state index in [1.54, 1.807) is 24.3 Å². The first-order valence-corrected chi connectivity index (χ1v) is 7.05. The number of aromatic nitrogens is 2. The van der Waals surface area contributed by atoms with Crippen LogP contribution in [0.15, 0.2) is 48.7 Å². The van der Waals surface area contributed by atoms with Crippen molar-refractivity contribution in [2.24, 2.45) is 0 Å². The Bertz CT molecular complexity index is 872. The largest absolute Gasteiger partial charge is 0.507 e. The average Bonchev–Trinajstić information content (AvgIpc) is 2.52. The molecular weight excluding hydrogens is 319 g/mol. The number of nitrogens with two attached hydrogens (primary N) is 1. The van der Waals surface area contributed by atoms with E-state index >= 15 is 0 Å². The molecule has 3 aromatic rings. The van der Waals surface area contributed by atoms with Crippen molar-refractivity contribution < 1.29 is 9.50 Å². The van der Waals surface area contributed by atoms with Crippen molar-refractivity contribution in [3.05, 3.63) is 59.5 Å². The monoisotopic (exact) mass is 330 g/mol. The van der Waals surface area contributed by atoms with Crippen LogP contribution >= 0.6 is 11.6 Å². The first-order valence-electron chi connectivity index (χ1n) is 6.67. The Morgan fingerprint density at radius 2 is 1.96 bits per heavy atom. The number of halogens is 2. The maximum atomic E-state index is 13.9. The molecule has 4 N–H and O–H groups in total. The molecule has 0 bridgehead atoms. The molecule has 0 saturated carbocycles. The van der Waals surface area contributed by atoms with Crippen LogP contribution in [0, 0.1) is 5.82 Å². The summed E-state index contributed by atoms with van der Waals surface area (Å²) in [7, 11) is 0. The number of phenols is 1. The smallest absolute Gasteiger partial charge is 0.220 e. The van der Waals surface area contributed by atoms with Crippen molar-refractivity contribution in [1.29, 1.82) is 0 Å². The Balaban J connectivity index is 1.97. The normalized spacial score (nSPS) is 10.5. The second-order valence-corrected chi connectivity index (χ2v) is 5.22. The molecule has 7 heteroatoms. The predicted octanol–water partition coefficient (Wildman–Crippen LogP) is 3.97. The maximum Gasteiger partial charge on any atom is 0.220 e. The minimum atomic E-state index is -0.474. The third kappa shape index (κ3) is 3.32. The fraction of sp³-hybridized carbons (Fsp3) is 0. The third-order valence-corrected chi connectivity index (χ3v) is 3.39. The van der Waals surface area contributed by atoms with Crippen molar-refractivity contribution in [1.82, 2.24) is 9.97 Å². The van der Waals surface area contributed by atoms with E-state index in [0.717, 1.165) is 0 Å². The van der Waals surface area contributed by atoms with Gasteiger partial charge >= 0.3 is 0 Å². The Hall–Kier alpha value is -2.86. The topological polar surface area (TPSA) is 84.1 Å². The standard InChI is InChI=1S/C16H12ClFN4O/c17-9-1-3-14(12(18)7-9)21-10-2-4-15(23)11(8-10)13-5-6-20-16(19)22-13/h1-8,21,23H,(H2,19,20,22). The number of hydrogen-bond acceptors (Lipinski definition) is 5. The van der Waals surface area contributed by atoms with Gasteiger partial charge in [0, 0.05) is 22.5 Å². The average molecular weight is 331 g/mol. The summed E-state index contributed by atoms with van der Waals surface area (Å²) in [6.45, 7) is 0. The minimum absolute atomic E-state index is 0.0326. The highest BCUT2D eigenvalue weighted by molar-refractivity contribution is 6.30. The second-order valence-electron chi connectivity index (χ2n) is 4.78. The first-order chi connectivity index (χ1) is 11.0. The van der Waals surface area contributed by atoms with Crippen LogP contribution in [0.3, 0.4) is 0 Å². The number of phenolic OH excluding ortho intramolecular Hbond substituents is 1. The summed E-state index contributed by atoms with van der Waals surface area (Å²) in [5.41, 5.74) is 7.34. The van der Waals surface area contributed by atoms with Gasteiger partial charge in [-0.2, -0.15) is 0 Å². The lowest BCUT2D eigenvalue weighted by Crippen LogP contribution is -1.97. The number of hydrogen-bond donors (Lipinski definition) is 3. The summed E-state index contributed by atoms with van der Waals surface area (Å²) in [6, 6.07) is 10.7. The van der Waals surface area contributed by atoms with Gasteiger partial charge in [-0.1, -0.05) is 11.6 Å². The Labute approximate surface area is 136 Å². The van der Waals surface area contributed by atoms with Crippen LogP contribution in [0.25, 0.3) is 11.3 Å². The molecule has 116 valence electrons. The molecule has 0 amide bonds. The van der Waals surface area contributed by atoms with E-state index in [2.05, 4.69) is 15.3 Å². The lowest BCUT2D eigenvalue weighted by atomic mass is 10.1. The van der Waals surface area contributed by atoms with Gasteiger partial charge in [0.2, 0.25) is 5.95 Å². The molecule has 2 aromatic carbocycles. The highest BCUT2D eigenvalue weighted by Gasteiger charge is 2.09. The molecule has 3 rings (SSSR count). The van der Waals surface area contributed by atoms with Crippen LogP contribution < -0.4 is 11.1 Å². The quantitative estimate of drug-likeness (QED) is 0.633. The predicted molar refractivity (Wildman–Crippen MR) is 88.2 cm³/mol. The molecule has 23 heavy (non-hydrogen) atoms. The lowest BCUT2D eigenvalue weighted by molar-refractivity contribution is 0.477. The van der Waals surface area contributed by atoms with Gasteiger partial charge < -0.3 is 16.2 Å². The number of anilines is 3. The van der Waals surface area contributed by atoms with Crippen LogP contribution in [0.2, 0.25) is 5.02 Å². The summed E-state index contributed by atoms with van der Waals surface area (Å²) < 4.78 is 13.9. The van der Waals surface area contributed by atoms with Gasteiger partial charge in [0.15, 0.2) is 0 Å². The molecule has 0 fully saturated rings. The van der Waals surface area contributed by atoms with Gasteiger partial charge in [-0.25, -0.2) is 14.4 Å². The number of nitrogens with one attached hydrogen (secondary N) is 1. The zero-order valence-corrected chi connectivity index (χ0v) is 12.5. The molecular formula is C16H12ClFN4O. The van der Waals surface area contributed by atoms with Gasteiger partial charge in [0.05, 0.1) is 11.4 Å². The van der Waals surface area contributed by atoms with Gasteiger partial charge in [-0.15, -0.1) is 0 Å². The van der Waals surface area contributed by atoms with Crippen LogP contribution in [0.4, 0.5) is 21.7 Å². The highest BCUT2D eigenvalue weighted by atomic mass is 35.5. The summed E-state index contributed by atoms with van der Waals surface area (Å²) in [5.74, 6) is -0.340. The van der Waals surface area contributed by atoms with Gasteiger partial charge in [-0.3, -0.25) is 0 Å². The second kappa shape index (κ2) is 6.10. The Kier molecular flexibility index (Phi) is 3.99. The van der Waals surface area contributed by atoms with E-state index in [-0.39, 0.29) is 17.4 Å². The summed E-state index contributed by atoms with van der Waals surface area (Å²) in [4.78, 5) is 7.88. The van der Waals surface area contributed by atoms with E-state index in [1.807, 2.05) is 0 Å². The van der Waals surface area contributed by atoms with Crippen LogP contribution in [0.1, 0.15) is 0 Å². The fourth-order valence-electron chi connectivity index (χ4n) is 2.09. The lowest BCUT2D eigenvalue weighted by Gasteiger charge is -2.11. The number of benzene rings is 2. The molecule has 1 aromatic heterocycles. The fourth-order valence-corrected chi connectivity index (χ4v) is 2.25. The molecule has 0 atom stereocenters. The zero-order chi connectivity index (χ0) is 16.4. The number of nitrogens with zero attached hydrogens (tertiary/aromatic N) is 2. The van der Waals surface area contributed by atoms with E-state index in [1.165, 1.54) is 24.4 Å². The highest BCUT2D eigenvalue weighted by Crippen LogP contribution is 2.32. The summed E-state index contributed by atoms with van der Waals surface area (Å²) in [5, 5.41) is 13.3. The van der Waals surface area contributed by atoms with Crippen LogP contribution in [0.5, 0.6) is 5.75 Å². The van der Waals surface area contributed by atoms with E-state index in [0.29, 0.717) is 22.0 Å². The third-order valence-electron chi connectivity index (χ3n) is 3.16. The van der Waals surface area contributed by atoms with Gasteiger partial charge in [-0.05, 0) is 42.5 Å². The van der Waals surface area contributed by atoms with Gasteiger partial charge in [0.1, 0.15) is 11.6 Å². The Morgan fingerprint density at radius 1 is 1.13 bits per heavy atom. The SMILES string of the molecule is Nc1nccc(-c2cc(Nc3ccc(Cl)cc3F)ccc2O)n1. The molecule has 0 aliphatic carbocycles. The Morgan fingerprint density at radius 3 is 2.70 bits per heavy atom.